The first-order valence-corrected chi connectivity index (χ1v) is 14.6. The zero-order valence-electron chi connectivity index (χ0n) is 21.1. The smallest absolute Gasteiger partial charge is 0.214 e. The molecule has 0 saturated carbocycles. The molecule has 198 valence electrons. The fraction of sp³-hybridized carbons (Fsp3) is 0.321. The van der Waals surface area contributed by atoms with E-state index in [9.17, 15) is 8.42 Å². The van der Waals surface area contributed by atoms with Crippen LogP contribution in [0.2, 0.25) is 0 Å². The predicted octanol–water partition coefficient (Wildman–Crippen LogP) is 4.24. The van der Waals surface area contributed by atoms with Crippen molar-refractivity contribution in [2.24, 2.45) is 0 Å². The maximum atomic E-state index is 11.6. The molecular formula is C28H31N5O4S. The number of hydrogen-bond acceptors (Lipinski definition) is 9. The molecule has 0 aliphatic carbocycles. The van der Waals surface area contributed by atoms with Gasteiger partial charge in [0.15, 0.2) is 9.84 Å². The van der Waals surface area contributed by atoms with Crippen LogP contribution in [0.1, 0.15) is 18.4 Å². The van der Waals surface area contributed by atoms with Gasteiger partial charge in [-0.3, -0.25) is 0 Å². The summed E-state index contributed by atoms with van der Waals surface area (Å²) in [5, 5.41) is 4.17. The molecule has 0 amide bonds. The number of aromatic nitrogens is 3. The fourth-order valence-corrected chi connectivity index (χ4v) is 5.50. The van der Waals surface area contributed by atoms with Crippen molar-refractivity contribution in [3.8, 4) is 11.6 Å². The van der Waals surface area contributed by atoms with Gasteiger partial charge in [-0.1, -0.05) is 30.3 Å². The largest absolute Gasteiger partial charge is 0.489 e. The number of benzene rings is 2. The summed E-state index contributed by atoms with van der Waals surface area (Å²) in [6.07, 6.45) is 4.99. The fourth-order valence-electron chi connectivity index (χ4n) is 4.22. The molecule has 1 aliphatic heterocycles. The topological polar surface area (TPSA) is 107 Å². The number of rotatable bonds is 11. The van der Waals surface area contributed by atoms with Gasteiger partial charge in [0.05, 0.1) is 29.8 Å². The molecule has 4 aromatic rings. The third kappa shape index (κ3) is 7.17. The molecule has 1 N–H and O–H groups in total. The van der Waals surface area contributed by atoms with Gasteiger partial charge in [0.2, 0.25) is 5.88 Å². The molecule has 2 aromatic heterocycles. The van der Waals surface area contributed by atoms with Gasteiger partial charge in [-0.15, -0.1) is 0 Å². The second-order valence-electron chi connectivity index (χ2n) is 9.23. The van der Waals surface area contributed by atoms with Gasteiger partial charge in [-0.05, 0) is 49.2 Å². The number of hydrogen-bond donors (Lipinski definition) is 1. The molecule has 3 heterocycles. The Morgan fingerprint density at radius 2 is 1.68 bits per heavy atom. The Kier molecular flexibility index (Phi) is 8.30. The molecule has 0 atom stereocenters. The number of anilines is 2. The minimum Gasteiger partial charge on any atom is -0.489 e. The predicted molar refractivity (Wildman–Crippen MR) is 148 cm³/mol. The van der Waals surface area contributed by atoms with Crippen LogP contribution < -0.4 is 14.8 Å². The van der Waals surface area contributed by atoms with Crippen molar-refractivity contribution in [2.75, 3.05) is 43.1 Å². The summed E-state index contributed by atoms with van der Waals surface area (Å²) < 4.78 is 34.9. The number of fused-ring (bicyclic) bond motifs is 1. The maximum absolute atomic E-state index is 11.6. The minimum atomic E-state index is -2.84. The van der Waals surface area contributed by atoms with E-state index in [0.717, 1.165) is 47.3 Å². The summed E-state index contributed by atoms with van der Waals surface area (Å²) in [6, 6.07) is 19.7. The van der Waals surface area contributed by atoms with E-state index in [1.54, 1.807) is 6.20 Å². The lowest BCUT2D eigenvalue weighted by Gasteiger charge is -2.26. The van der Waals surface area contributed by atoms with Gasteiger partial charge in [-0.2, -0.15) is 0 Å². The van der Waals surface area contributed by atoms with E-state index >= 15 is 0 Å². The van der Waals surface area contributed by atoms with Gasteiger partial charge in [0, 0.05) is 30.2 Å². The Bertz CT molecular complexity index is 1440. The van der Waals surface area contributed by atoms with Gasteiger partial charge < -0.3 is 19.7 Å². The number of nitrogens with one attached hydrogen (secondary N) is 1. The van der Waals surface area contributed by atoms with Crippen LogP contribution in [-0.2, 0) is 16.4 Å². The lowest BCUT2D eigenvalue weighted by Crippen LogP contribution is -2.40. The highest BCUT2D eigenvalue weighted by molar-refractivity contribution is 7.91. The number of unbranched alkanes of at least 4 members (excludes halogenated alkanes) is 1. The highest BCUT2D eigenvalue weighted by Crippen LogP contribution is 2.26. The van der Waals surface area contributed by atoms with Crippen molar-refractivity contribution in [1.29, 1.82) is 0 Å². The standard InChI is InChI=1S/C28H31N5O4S/c34-38(35)16-13-33(14-17-38)12-4-5-15-36-27-18-25-26(19-29-27)30-21-31-28(25)32-23-8-10-24(11-9-23)37-20-22-6-2-1-3-7-22/h1-3,6-11,18-19,21H,4-5,12-17,20H2,(H,30,31,32). The van der Waals surface area contributed by atoms with E-state index in [0.29, 0.717) is 38.0 Å². The van der Waals surface area contributed by atoms with Crippen LogP contribution in [0.25, 0.3) is 10.9 Å². The lowest BCUT2D eigenvalue weighted by atomic mass is 10.2. The van der Waals surface area contributed by atoms with E-state index < -0.39 is 9.84 Å². The van der Waals surface area contributed by atoms with Crippen molar-refractivity contribution in [3.05, 3.63) is 78.8 Å². The number of nitrogens with zero attached hydrogens (tertiary/aromatic N) is 4. The van der Waals surface area contributed by atoms with Crippen molar-refractivity contribution >= 4 is 32.2 Å². The number of pyridine rings is 1. The van der Waals surface area contributed by atoms with Crippen molar-refractivity contribution in [2.45, 2.75) is 19.4 Å². The summed E-state index contributed by atoms with van der Waals surface area (Å²) in [6.45, 7) is 3.17. The highest BCUT2D eigenvalue weighted by Gasteiger charge is 2.20. The molecule has 1 aliphatic rings. The van der Waals surface area contributed by atoms with Crippen LogP contribution in [-0.4, -0.2) is 66.0 Å². The second kappa shape index (κ2) is 12.2. The number of ether oxygens (including phenoxy) is 2. The van der Waals surface area contributed by atoms with Crippen molar-refractivity contribution in [1.82, 2.24) is 19.9 Å². The quantitative estimate of drug-likeness (QED) is 0.283. The molecule has 5 rings (SSSR count). The SMILES string of the molecule is O=S1(=O)CCN(CCCCOc2cc3c(Nc4ccc(OCc5ccccc5)cc4)ncnc3cn2)CC1. The molecule has 10 heteroatoms. The molecule has 1 fully saturated rings. The molecule has 0 spiro atoms. The van der Waals surface area contributed by atoms with Gasteiger partial charge >= 0.3 is 0 Å². The van der Waals surface area contributed by atoms with E-state index in [1.807, 2.05) is 60.7 Å². The van der Waals surface area contributed by atoms with Crippen LogP contribution in [0.5, 0.6) is 11.6 Å². The first-order chi connectivity index (χ1) is 18.5. The molecule has 0 unspecified atom stereocenters. The molecule has 0 radical (unpaired) electrons. The van der Waals surface area contributed by atoms with E-state index in [4.69, 9.17) is 9.47 Å². The monoisotopic (exact) mass is 533 g/mol. The third-order valence-electron chi connectivity index (χ3n) is 6.42. The van der Waals surface area contributed by atoms with Gasteiger partial charge in [0.25, 0.3) is 0 Å². The summed E-state index contributed by atoms with van der Waals surface area (Å²) in [5.74, 6) is 2.49. The molecule has 1 saturated heterocycles. The van der Waals surface area contributed by atoms with Crippen LogP contribution in [0.15, 0.2) is 73.2 Å². The molecular weight excluding hydrogens is 502 g/mol. The minimum absolute atomic E-state index is 0.259. The Balaban J connectivity index is 1.14. The maximum Gasteiger partial charge on any atom is 0.214 e. The third-order valence-corrected chi connectivity index (χ3v) is 8.03. The van der Waals surface area contributed by atoms with Crippen LogP contribution >= 0.6 is 0 Å². The van der Waals surface area contributed by atoms with Gasteiger partial charge in [0.1, 0.15) is 24.5 Å². The summed E-state index contributed by atoms with van der Waals surface area (Å²) in [5.41, 5.74) is 2.72. The molecule has 0 bridgehead atoms. The summed E-state index contributed by atoms with van der Waals surface area (Å²) >= 11 is 0. The average molecular weight is 534 g/mol. The zero-order chi connectivity index (χ0) is 26.2. The van der Waals surface area contributed by atoms with Gasteiger partial charge in [-0.25, -0.2) is 23.4 Å². The van der Waals surface area contributed by atoms with Crippen LogP contribution in [0, 0.1) is 0 Å². The highest BCUT2D eigenvalue weighted by atomic mass is 32.2. The Morgan fingerprint density at radius 3 is 2.47 bits per heavy atom. The first-order valence-electron chi connectivity index (χ1n) is 12.7. The van der Waals surface area contributed by atoms with E-state index in [-0.39, 0.29) is 11.5 Å². The molecule has 9 nitrogen and oxygen atoms in total. The van der Waals surface area contributed by atoms with Crippen LogP contribution in [0.4, 0.5) is 11.5 Å². The Labute approximate surface area is 222 Å². The number of sulfone groups is 1. The normalized spacial score (nSPS) is 15.3. The average Bonchev–Trinajstić information content (AvgIpc) is 2.94. The Hall–Kier alpha value is -3.76. The zero-order valence-corrected chi connectivity index (χ0v) is 21.9. The lowest BCUT2D eigenvalue weighted by molar-refractivity contribution is 0.258. The van der Waals surface area contributed by atoms with Crippen molar-refractivity contribution < 1.29 is 17.9 Å². The first kappa shape index (κ1) is 25.9. The molecule has 38 heavy (non-hydrogen) atoms. The summed E-state index contributed by atoms with van der Waals surface area (Å²) in [7, 11) is -2.84. The second-order valence-corrected chi connectivity index (χ2v) is 11.5. The van der Waals surface area contributed by atoms with E-state index in [2.05, 4.69) is 25.2 Å². The van der Waals surface area contributed by atoms with Crippen molar-refractivity contribution in [3.63, 3.8) is 0 Å². The Morgan fingerprint density at radius 1 is 0.895 bits per heavy atom. The van der Waals surface area contributed by atoms with E-state index in [1.165, 1.54) is 6.33 Å². The molecule has 2 aromatic carbocycles. The summed E-state index contributed by atoms with van der Waals surface area (Å²) in [4.78, 5) is 15.3. The van der Waals surface area contributed by atoms with Crippen LogP contribution in [0.3, 0.4) is 0 Å².